The third kappa shape index (κ3) is 25.5. The first-order chi connectivity index (χ1) is 37.4. The summed E-state index contributed by atoms with van der Waals surface area (Å²) in [5.74, 6) is -1.32. The van der Waals surface area contributed by atoms with Gasteiger partial charge in [-0.05, 0) is 12.8 Å². The Hall–Kier alpha value is -1.55. The molecule has 18 atom stereocenters. The minimum atomic E-state index is -5.63. The highest BCUT2D eigenvalue weighted by Gasteiger charge is 2.58. The second-order valence-corrected chi connectivity index (χ2v) is 22.9. The molecule has 1 saturated carbocycles. The summed E-state index contributed by atoms with van der Waals surface area (Å²) in [4.78, 5) is 37.4. The molecule has 0 bridgehead atoms. The van der Waals surface area contributed by atoms with Gasteiger partial charge in [0, 0.05) is 12.8 Å². The second-order valence-electron chi connectivity index (χ2n) is 21.5. The standard InChI is InChI=1S/C54H101O23P/c1-3-5-7-9-11-13-15-16-17-18-19-21-22-24-26-28-30-39(57)70-34-36(72-40(58)31-29-27-25-23-20-14-12-10-8-6-4-2)35-71-78(68,69)77-52-50(75-53-48(66)43(61)41(59)37(32-55)73-53)46(64)45(63)47(65)51(52)76-54-49(67)44(62)42(60)38(33-56)74-54/h36-38,41-56,59-67H,3-35H2,1-2H3,(H,68,69)/t36-,37?,38?,41-,42+,43?,44?,45?,46?,47?,48-,49+,50-,51?,52?,53-,54+/m1/s1. The van der Waals surface area contributed by atoms with E-state index in [4.69, 9.17) is 37.5 Å². The SMILES string of the molecule is CCCCCCCCCCCCCCCCCCC(=O)OC[C@H](COP(=O)(O)OC1C(O[C@@H]2OC(CO)[C@H](O)C(O)[C@@H]2O)C(O)C(O)C(O)[C@H]1O[C@H]1OC(CO)[C@@H](O)C(O)[C@H]1O)OC(=O)CCCCCCCCCCCCC. The second kappa shape index (κ2) is 39.8. The average molecular weight is 1150 g/mol. The predicted octanol–water partition coefficient (Wildman–Crippen LogP) is 3.76. The van der Waals surface area contributed by atoms with Crippen molar-refractivity contribution in [1.29, 1.82) is 0 Å². The molecule has 12 N–H and O–H groups in total. The maximum Gasteiger partial charge on any atom is 0.472 e. The predicted molar refractivity (Wildman–Crippen MR) is 282 cm³/mol. The Kier molecular flexibility index (Phi) is 36.1. The molecule has 24 heteroatoms. The first kappa shape index (κ1) is 70.7. The molecule has 3 rings (SSSR count). The molecule has 3 aliphatic rings. The number of aliphatic hydroxyl groups excluding tert-OH is 11. The Bertz CT molecular complexity index is 1560. The third-order valence-electron chi connectivity index (χ3n) is 14.9. The quantitative estimate of drug-likeness (QED) is 0.0235. The molecule has 0 spiro atoms. The van der Waals surface area contributed by atoms with E-state index in [2.05, 4.69) is 13.8 Å². The molecule has 460 valence electrons. The van der Waals surface area contributed by atoms with E-state index in [9.17, 15) is 75.2 Å². The number of unbranched alkanes of at least 4 members (excludes halogenated alkanes) is 25. The Labute approximate surface area is 461 Å². The van der Waals surface area contributed by atoms with Crippen LogP contribution in [-0.4, -0.2) is 204 Å². The molecule has 78 heavy (non-hydrogen) atoms. The number of esters is 2. The van der Waals surface area contributed by atoms with Crippen molar-refractivity contribution in [2.45, 2.75) is 304 Å². The van der Waals surface area contributed by atoms with Crippen LogP contribution in [0.25, 0.3) is 0 Å². The Morgan fingerprint density at radius 3 is 1.13 bits per heavy atom. The van der Waals surface area contributed by atoms with Gasteiger partial charge in [-0.2, -0.15) is 0 Å². The van der Waals surface area contributed by atoms with Gasteiger partial charge in [-0.25, -0.2) is 4.57 Å². The van der Waals surface area contributed by atoms with Crippen molar-refractivity contribution in [3.63, 3.8) is 0 Å². The highest BCUT2D eigenvalue weighted by atomic mass is 31.2. The molecule has 0 amide bonds. The lowest BCUT2D eigenvalue weighted by Gasteiger charge is -2.49. The maximum atomic E-state index is 14.0. The van der Waals surface area contributed by atoms with E-state index >= 15 is 0 Å². The maximum absolute atomic E-state index is 14.0. The summed E-state index contributed by atoms with van der Waals surface area (Å²) in [6, 6.07) is 0. The summed E-state index contributed by atoms with van der Waals surface area (Å²) in [6.45, 7) is 1.01. The number of carbonyl (C=O) groups excluding carboxylic acids is 2. The normalized spacial score (nSPS) is 31.7. The van der Waals surface area contributed by atoms with E-state index in [-0.39, 0.29) is 12.8 Å². The zero-order chi connectivity index (χ0) is 57.5. The highest BCUT2D eigenvalue weighted by molar-refractivity contribution is 7.47. The Morgan fingerprint density at radius 2 is 0.769 bits per heavy atom. The third-order valence-corrected chi connectivity index (χ3v) is 15.9. The van der Waals surface area contributed by atoms with Gasteiger partial charge < -0.3 is 89.5 Å². The van der Waals surface area contributed by atoms with Crippen molar-refractivity contribution >= 4 is 19.8 Å². The highest BCUT2D eigenvalue weighted by Crippen LogP contribution is 2.49. The van der Waals surface area contributed by atoms with Gasteiger partial charge in [0.05, 0.1) is 19.8 Å². The molecule has 2 saturated heterocycles. The molecule has 0 aromatic carbocycles. The van der Waals surface area contributed by atoms with Gasteiger partial charge in [0.15, 0.2) is 18.7 Å². The van der Waals surface area contributed by atoms with Crippen molar-refractivity contribution in [2.24, 2.45) is 0 Å². The number of ether oxygens (including phenoxy) is 6. The van der Waals surface area contributed by atoms with Gasteiger partial charge in [0.2, 0.25) is 0 Å². The van der Waals surface area contributed by atoms with Crippen LogP contribution in [0.2, 0.25) is 0 Å². The van der Waals surface area contributed by atoms with Crippen molar-refractivity contribution < 1.29 is 113 Å². The van der Waals surface area contributed by atoms with Crippen LogP contribution in [-0.2, 0) is 51.6 Å². The zero-order valence-corrected chi connectivity index (χ0v) is 47.3. The number of phosphoric acid groups is 1. The van der Waals surface area contributed by atoms with E-state index < -0.39 is 150 Å². The van der Waals surface area contributed by atoms with Crippen molar-refractivity contribution in [3.05, 3.63) is 0 Å². The lowest BCUT2D eigenvalue weighted by atomic mass is 9.84. The summed E-state index contributed by atoms with van der Waals surface area (Å²) < 4.78 is 58.1. The molecule has 23 nitrogen and oxygen atoms in total. The lowest BCUT2D eigenvalue weighted by Crippen LogP contribution is -2.69. The molecule has 0 aromatic heterocycles. The van der Waals surface area contributed by atoms with Gasteiger partial charge in [-0.15, -0.1) is 0 Å². The fraction of sp³-hybridized carbons (Fsp3) is 0.963. The van der Waals surface area contributed by atoms with Crippen molar-refractivity contribution in [1.82, 2.24) is 0 Å². The molecule has 2 heterocycles. The largest absolute Gasteiger partial charge is 0.472 e. The molecular formula is C54H101O23P. The van der Waals surface area contributed by atoms with E-state index in [1.807, 2.05) is 0 Å². The molecule has 0 aromatic rings. The molecule has 0 radical (unpaired) electrons. The number of hydrogen-bond donors (Lipinski definition) is 12. The van der Waals surface area contributed by atoms with E-state index in [0.717, 1.165) is 57.8 Å². The van der Waals surface area contributed by atoms with Gasteiger partial charge in [0.25, 0.3) is 0 Å². The van der Waals surface area contributed by atoms with Crippen LogP contribution in [0.4, 0.5) is 0 Å². The smallest absolute Gasteiger partial charge is 0.462 e. The van der Waals surface area contributed by atoms with Crippen LogP contribution < -0.4 is 0 Å². The zero-order valence-electron chi connectivity index (χ0n) is 46.5. The minimum absolute atomic E-state index is 0.0257. The monoisotopic (exact) mass is 1150 g/mol. The molecule has 3 fully saturated rings. The fourth-order valence-corrected chi connectivity index (χ4v) is 11.0. The van der Waals surface area contributed by atoms with Gasteiger partial charge in [-0.3, -0.25) is 18.6 Å². The molecule has 2 aliphatic heterocycles. The van der Waals surface area contributed by atoms with Crippen LogP contribution in [0.3, 0.4) is 0 Å². The summed E-state index contributed by atoms with van der Waals surface area (Å²) >= 11 is 0. The van der Waals surface area contributed by atoms with Gasteiger partial charge in [0.1, 0.15) is 92.1 Å². The first-order valence-corrected chi connectivity index (χ1v) is 30.9. The van der Waals surface area contributed by atoms with Crippen LogP contribution in [0, 0.1) is 0 Å². The van der Waals surface area contributed by atoms with Gasteiger partial charge >= 0.3 is 19.8 Å². The van der Waals surface area contributed by atoms with E-state index in [1.165, 1.54) is 103 Å². The summed E-state index contributed by atoms with van der Waals surface area (Å²) in [5, 5.41) is 116. The van der Waals surface area contributed by atoms with Crippen LogP contribution in [0.1, 0.15) is 200 Å². The van der Waals surface area contributed by atoms with Crippen molar-refractivity contribution in [2.75, 3.05) is 26.4 Å². The lowest BCUT2D eigenvalue weighted by molar-refractivity contribution is -0.360. The number of aliphatic hydroxyl groups is 11. The molecule has 1 aliphatic carbocycles. The van der Waals surface area contributed by atoms with Crippen LogP contribution >= 0.6 is 7.82 Å². The van der Waals surface area contributed by atoms with Crippen LogP contribution in [0.5, 0.6) is 0 Å². The van der Waals surface area contributed by atoms with Crippen molar-refractivity contribution in [3.8, 4) is 0 Å². The molecule has 10 unspecified atom stereocenters. The minimum Gasteiger partial charge on any atom is -0.462 e. The fourth-order valence-electron chi connectivity index (χ4n) is 10.0. The Morgan fingerprint density at radius 1 is 0.436 bits per heavy atom. The number of carbonyl (C=O) groups is 2. The number of rotatable bonds is 43. The average Bonchev–Trinajstić information content (AvgIpc) is 3.44. The summed E-state index contributed by atoms with van der Waals surface area (Å²) in [5.41, 5.74) is 0. The first-order valence-electron chi connectivity index (χ1n) is 29.4. The number of phosphoric ester groups is 1. The summed E-state index contributed by atoms with van der Waals surface area (Å²) in [7, 11) is -5.63. The molecular weight excluding hydrogens is 1050 g/mol. The van der Waals surface area contributed by atoms with Gasteiger partial charge in [-0.1, -0.05) is 174 Å². The topological polar surface area (TPSA) is 368 Å². The van der Waals surface area contributed by atoms with E-state index in [1.54, 1.807) is 0 Å². The van der Waals surface area contributed by atoms with Crippen LogP contribution in [0.15, 0.2) is 0 Å². The summed E-state index contributed by atoms with van der Waals surface area (Å²) in [6.07, 6.45) is -4.73. The Balaban J connectivity index is 1.69. The number of hydrogen-bond acceptors (Lipinski definition) is 22. The van der Waals surface area contributed by atoms with E-state index in [0.29, 0.717) is 12.8 Å².